The topological polar surface area (TPSA) is 51.8 Å². The number of hydrogen-bond acceptors (Lipinski definition) is 3. The normalized spacial score (nSPS) is 11.7. The highest BCUT2D eigenvalue weighted by molar-refractivity contribution is 9.10. The van der Waals surface area contributed by atoms with E-state index in [1.807, 2.05) is 25.1 Å². The van der Waals surface area contributed by atoms with Crippen molar-refractivity contribution < 1.29 is 0 Å². The Morgan fingerprint density at radius 3 is 2.40 bits per heavy atom. The smallest absolute Gasteiger partial charge is 0.161 e. The Hall–Kier alpha value is -1.13. The number of halogens is 2. The molecule has 0 spiro atoms. The zero-order chi connectivity index (χ0) is 15.1. The summed E-state index contributed by atoms with van der Waals surface area (Å²) in [5.41, 5.74) is 8.64. The van der Waals surface area contributed by atoms with Gasteiger partial charge in [-0.05, 0) is 34.5 Å². The maximum Gasteiger partial charge on any atom is 0.161 e. The van der Waals surface area contributed by atoms with E-state index in [1.54, 1.807) is 0 Å². The van der Waals surface area contributed by atoms with E-state index in [1.165, 1.54) is 0 Å². The molecule has 1 aromatic carbocycles. The van der Waals surface area contributed by atoms with Crippen LogP contribution in [0.3, 0.4) is 0 Å². The van der Waals surface area contributed by atoms with Crippen molar-refractivity contribution in [2.45, 2.75) is 33.1 Å². The van der Waals surface area contributed by atoms with Gasteiger partial charge in [-0.25, -0.2) is 9.97 Å². The van der Waals surface area contributed by atoms with E-state index < -0.39 is 0 Å². The third-order valence-corrected chi connectivity index (χ3v) is 4.21. The molecule has 1 heterocycles. The standard InChI is InChI=1S/C15H17BrClN3/c1-8-5-6-9(7-10(8)17)14-19-12(15(2,3)4)11(16)13(18)20-14/h5-7H,1-4H3,(H2,18,19,20). The monoisotopic (exact) mass is 353 g/mol. The third-order valence-electron chi connectivity index (χ3n) is 3.02. The summed E-state index contributed by atoms with van der Waals surface area (Å²) in [6.45, 7) is 8.23. The predicted molar refractivity (Wildman–Crippen MR) is 88.0 cm³/mol. The Kier molecular flexibility index (Phi) is 4.07. The van der Waals surface area contributed by atoms with Crippen LogP contribution in [0.2, 0.25) is 5.02 Å². The number of anilines is 1. The van der Waals surface area contributed by atoms with Crippen molar-refractivity contribution in [2.75, 3.05) is 5.73 Å². The van der Waals surface area contributed by atoms with Gasteiger partial charge in [0.1, 0.15) is 5.82 Å². The molecule has 0 saturated heterocycles. The largest absolute Gasteiger partial charge is 0.383 e. The predicted octanol–water partition coefficient (Wildman–Crippen LogP) is 4.75. The number of aryl methyl sites for hydroxylation is 1. The second-order valence-corrected chi connectivity index (χ2v) is 7.01. The Balaban J connectivity index is 2.63. The van der Waals surface area contributed by atoms with E-state index >= 15 is 0 Å². The molecule has 0 saturated carbocycles. The van der Waals surface area contributed by atoms with Crippen LogP contribution in [0.15, 0.2) is 22.7 Å². The molecule has 0 fully saturated rings. The summed E-state index contributed by atoms with van der Waals surface area (Å²) in [7, 11) is 0. The minimum atomic E-state index is -0.126. The first kappa shape index (κ1) is 15.3. The molecule has 0 bridgehead atoms. The molecular formula is C15H17BrClN3. The van der Waals surface area contributed by atoms with Crippen molar-refractivity contribution in [3.8, 4) is 11.4 Å². The zero-order valence-corrected chi connectivity index (χ0v) is 14.3. The molecule has 1 aromatic heterocycles. The fourth-order valence-electron chi connectivity index (χ4n) is 1.82. The van der Waals surface area contributed by atoms with Gasteiger partial charge in [-0.3, -0.25) is 0 Å². The van der Waals surface area contributed by atoms with Gasteiger partial charge in [-0.1, -0.05) is 44.5 Å². The SMILES string of the molecule is Cc1ccc(-c2nc(N)c(Br)c(C(C)(C)C)n2)cc1Cl. The fourth-order valence-corrected chi connectivity index (χ4v) is 2.78. The summed E-state index contributed by atoms with van der Waals surface area (Å²) in [5, 5.41) is 0.699. The van der Waals surface area contributed by atoms with Gasteiger partial charge in [0, 0.05) is 16.0 Å². The number of hydrogen-bond donors (Lipinski definition) is 1. The van der Waals surface area contributed by atoms with E-state index in [-0.39, 0.29) is 5.41 Å². The van der Waals surface area contributed by atoms with Gasteiger partial charge in [0.2, 0.25) is 0 Å². The summed E-state index contributed by atoms with van der Waals surface area (Å²) in [6.07, 6.45) is 0. The molecule has 0 radical (unpaired) electrons. The molecule has 2 aromatic rings. The van der Waals surface area contributed by atoms with Crippen molar-refractivity contribution in [3.05, 3.63) is 39.0 Å². The lowest BCUT2D eigenvalue weighted by Crippen LogP contribution is -2.17. The van der Waals surface area contributed by atoms with Crippen LogP contribution in [0.25, 0.3) is 11.4 Å². The molecule has 2 rings (SSSR count). The molecule has 0 amide bonds. The summed E-state index contributed by atoms with van der Waals surface area (Å²) in [5.74, 6) is 1.04. The first-order chi connectivity index (χ1) is 9.20. The highest BCUT2D eigenvalue weighted by Gasteiger charge is 2.22. The summed E-state index contributed by atoms with van der Waals surface area (Å²) in [4.78, 5) is 9.00. The fraction of sp³-hybridized carbons (Fsp3) is 0.333. The van der Waals surface area contributed by atoms with Crippen LogP contribution in [-0.4, -0.2) is 9.97 Å². The first-order valence-corrected chi connectivity index (χ1v) is 7.47. The lowest BCUT2D eigenvalue weighted by atomic mass is 9.91. The van der Waals surface area contributed by atoms with Crippen LogP contribution in [0.5, 0.6) is 0 Å². The van der Waals surface area contributed by atoms with Crippen LogP contribution in [0.4, 0.5) is 5.82 Å². The highest BCUT2D eigenvalue weighted by atomic mass is 79.9. The minimum Gasteiger partial charge on any atom is -0.383 e. The summed E-state index contributed by atoms with van der Waals surface area (Å²) < 4.78 is 0.756. The van der Waals surface area contributed by atoms with Gasteiger partial charge in [0.05, 0.1) is 10.2 Å². The van der Waals surface area contributed by atoms with Gasteiger partial charge in [0.25, 0.3) is 0 Å². The van der Waals surface area contributed by atoms with E-state index in [2.05, 4.69) is 46.7 Å². The second-order valence-electron chi connectivity index (χ2n) is 5.81. The van der Waals surface area contributed by atoms with Gasteiger partial charge in [-0.15, -0.1) is 0 Å². The van der Waals surface area contributed by atoms with E-state index in [4.69, 9.17) is 17.3 Å². The molecule has 20 heavy (non-hydrogen) atoms. The molecule has 3 nitrogen and oxygen atoms in total. The number of nitrogen functional groups attached to an aromatic ring is 1. The summed E-state index contributed by atoms with van der Waals surface area (Å²) >= 11 is 9.64. The van der Waals surface area contributed by atoms with Crippen LogP contribution in [0.1, 0.15) is 32.0 Å². The Morgan fingerprint density at radius 1 is 1.20 bits per heavy atom. The third kappa shape index (κ3) is 2.96. The molecular weight excluding hydrogens is 338 g/mol. The lowest BCUT2D eigenvalue weighted by Gasteiger charge is -2.21. The highest BCUT2D eigenvalue weighted by Crippen LogP contribution is 2.33. The van der Waals surface area contributed by atoms with E-state index in [9.17, 15) is 0 Å². The first-order valence-electron chi connectivity index (χ1n) is 6.30. The number of nitrogens with zero attached hydrogens (tertiary/aromatic N) is 2. The molecule has 0 unspecified atom stereocenters. The average Bonchev–Trinajstić information content (AvgIpc) is 2.34. The van der Waals surface area contributed by atoms with Crippen LogP contribution in [-0.2, 0) is 5.41 Å². The van der Waals surface area contributed by atoms with Gasteiger partial charge in [-0.2, -0.15) is 0 Å². The Labute approximate surface area is 132 Å². The van der Waals surface area contributed by atoms with Crippen molar-refractivity contribution >= 4 is 33.3 Å². The molecule has 0 atom stereocenters. The van der Waals surface area contributed by atoms with E-state index in [0.29, 0.717) is 16.7 Å². The van der Waals surface area contributed by atoms with Crippen molar-refractivity contribution in [1.29, 1.82) is 0 Å². The number of rotatable bonds is 1. The van der Waals surface area contributed by atoms with Gasteiger partial charge >= 0.3 is 0 Å². The molecule has 5 heteroatoms. The molecule has 0 aliphatic heterocycles. The van der Waals surface area contributed by atoms with Crippen molar-refractivity contribution in [1.82, 2.24) is 9.97 Å². The Bertz CT molecular complexity index is 663. The van der Waals surface area contributed by atoms with Crippen molar-refractivity contribution in [3.63, 3.8) is 0 Å². The molecule has 2 N–H and O–H groups in total. The maximum absolute atomic E-state index is 6.17. The maximum atomic E-state index is 6.17. The lowest BCUT2D eigenvalue weighted by molar-refractivity contribution is 0.565. The number of aromatic nitrogens is 2. The minimum absolute atomic E-state index is 0.126. The van der Waals surface area contributed by atoms with Crippen LogP contribution < -0.4 is 5.73 Å². The zero-order valence-electron chi connectivity index (χ0n) is 12.0. The van der Waals surface area contributed by atoms with E-state index in [0.717, 1.165) is 21.3 Å². The van der Waals surface area contributed by atoms with Crippen molar-refractivity contribution in [2.24, 2.45) is 0 Å². The quantitative estimate of drug-likeness (QED) is 0.804. The van der Waals surface area contributed by atoms with Crippen LogP contribution in [0, 0.1) is 6.92 Å². The van der Waals surface area contributed by atoms with Gasteiger partial charge in [0.15, 0.2) is 5.82 Å². The average molecular weight is 355 g/mol. The molecule has 106 valence electrons. The Morgan fingerprint density at radius 2 is 1.85 bits per heavy atom. The summed E-state index contributed by atoms with van der Waals surface area (Å²) in [6, 6.07) is 5.78. The number of nitrogens with two attached hydrogens (primary N) is 1. The van der Waals surface area contributed by atoms with Crippen LogP contribution >= 0.6 is 27.5 Å². The molecule has 0 aliphatic rings. The second kappa shape index (κ2) is 5.34. The van der Waals surface area contributed by atoms with Gasteiger partial charge < -0.3 is 5.73 Å². The molecule has 0 aliphatic carbocycles. The number of benzene rings is 1.